The largest absolute Gasteiger partial charge is 0.449 e. The van der Waals surface area contributed by atoms with Gasteiger partial charge in [0.1, 0.15) is 0 Å². The Bertz CT molecular complexity index is 2050. The van der Waals surface area contributed by atoms with E-state index in [1.807, 2.05) is 24.3 Å². The predicted octanol–water partition coefficient (Wildman–Crippen LogP) is 5.00. The second-order valence-electron chi connectivity index (χ2n) is 14.5. The molecule has 0 amide bonds. The van der Waals surface area contributed by atoms with Crippen LogP contribution in [0.4, 0.5) is 5.69 Å². The highest BCUT2D eigenvalue weighted by atomic mass is 32.1. The van der Waals surface area contributed by atoms with E-state index in [1.165, 1.54) is 17.7 Å². The summed E-state index contributed by atoms with van der Waals surface area (Å²) in [5, 5.41) is 0. The van der Waals surface area contributed by atoms with E-state index in [0.717, 1.165) is 77.9 Å². The second kappa shape index (κ2) is 10.3. The molecule has 240 valence electrons. The Morgan fingerprint density at radius 2 is 1.42 bits per heavy atom. The van der Waals surface area contributed by atoms with E-state index < -0.39 is 11.2 Å². The molecule has 2 N–H and O–H groups in total. The molecule has 2 spiro atoms. The molecule has 1 aromatic heterocycles. The summed E-state index contributed by atoms with van der Waals surface area (Å²) in [5.74, 6) is 13.5. The van der Waals surface area contributed by atoms with Gasteiger partial charge < -0.3 is 15.2 Å². The Morgan fingerprint density at radius 1 is 0.750 bits per heavy atom. The molecule has 1 aromatic carbocycles. The van der Waals surface area contributed by atoms with Crippen LogP contribution in [0.3, 0.4) is 0 Å². The number of thiophene rings is 1. The first-order chi connectivity index (χ1) is 23.4. The van der Waals surface area contributed by atoms with Crippen LogP contribution in [0, 0.1) is 23.7 Å². The monoisotopic (exact) mass is 653 g/mol. The van der Waals surface area contributed by atoms with Gasteiger partial charge in [0, 0.05) is 88.0 Å². The average Bonchev–Trinajstić information content (AvgIpc) is 3.89. The Kier molecular flexibility index (Phi) is 6.17. The highest BCUT2D eigenvalue weighted by Gasteiger charge is 2.63. The van der Waals surface area contributed by atoms with Crippen LogP contribution in [0.5, 0.6) is 0 Å². The van der Waals surface area contributed by atoms with Crippen molar-refractivity contribution in [3.05, 3.63) is 98.3 Å². The van der Waals surface area contributed by atoms with Crippen molar-refractivity contribution in [2.24, 2.45) is 0 Å². The summed E-state index contributed by atoms with van der Waals surface area (Å²) in [6.07, 6.45) is 15.0. The van der Waals surface area contributed by atoms with Crippen LogP contribution < -0.4 is 5.73 Å². The molecule has 4 bridgehead atoms. The van der Waals surface area contributed by atoms with Gasteiger partial charge in [0.15, 0.2) is 11.2 Å². The number of esters is 2. The molecule has 10 rings (SSSR count). The molecule has 7 nitrogen and oxygen atoms in total. The molecule has 0 radical (unpaired) electrons. The number of nitrogens with two attached hydrogens (primary N) is 1. The van der Waals surface area contributed by atoms with Gasteiger partial charge in [0.2, 0.25) is 0 Å². The molecule has 8 heteroatoms. The smallest absolute Gasteiger partial charge is 0.332 e. The Morgan fingerprint density at radius 3 is 2.15 bits per heavy atom. The molecule has 4 fully saturated rings. The third kappa shape index (κ3) is 4.16. The number of nitrogen functional groups attached to an aromatic ring is 1. The normalized spacial score (nSPS) is 35.6. The zero-order chi connectivity index (χ0) is 32.2. The summed E-state index contributed by atoms with van der Waals surface area (Å²) in [6.45, 7) is 1.96. The number of nitrogens with zero attached hydrogens (tertiary/aromatic N) is 2. The van der Waals surface area contributed by atoms with Crippen molar-refractivity contribution < 1.29 is 19.1 Å². The lowest BCUT2D eigenvalue weighted by atomic mass is 9.76. The van der Waals surface area contributed by atoms with Crippen molar-refractivity contribution in [3.63, 3.8) is 0 Å². The third-order valence-electron chi connectivity index (χ3n) is 12.0. The molecule has 48 heavy (non-hydrogen) atoms. The van der Waals surface area contributed by atoms with Gasteiger partial charge in [-0.25, -0.2) is 9.59 Å². The molecule has 6 aliphatic heterocycles. The summed E-state index contributed by atoms with van der Waals surface area (Å²) >= 11 is 1.78. The second-order valence-corrected chi connectivity index (χ2v) is 15.6. The zero-order valence-corrected chi connectivity index (χ0v) is 27.4. The SMILES string of the molecule is Nc1ccc(C#CC2=C[C@@H]3C[C@@]4(OC(=O)C=C24)[C@H]2CCC(c4ccc(C#CC5=C[C@@H]6C[C@@]7(OC(=O)C=C57)[C@H]5CCCCN65)s4)CN32)cc1. The van der Waals surface area contributed by atoms with E-state index in [0.29, 0.717) is 11.6 Å². The predicted molar refractivity (Wildman–Crippen MR) is 183 cm³/mol. The number of carbonyl (C=O) groups is 2. The lowest BCUT2D eigenvalue weighted by Crippen LogP contribution is -2.50. The van der Waals surface area contributed by atoms with Crippen molar-refractivity contribution in [3.8, 4) is 23.7 Å². The molecule has 1 unspecified atom stereocenters. The van der Waals surface area contributed by atoms with Gasteiger partial charge in [-0.2, -0.15) is 0 Å². The van der Waals surface area contributed by atoms with Crippen LogP contribution in [-0.2, 0) is 19.1 Å². The quantitative estimate of drug-likeness (QED) is 0.264. The molecule has 0 saturated carbocycles. The summed E-state index contributed by atoms with van der Waals surface area (Å²) in [4.78, 5) is 32.8. The van der Waals surface area contributed by atoms with Crippen LogP contribution in [0.2, 0.25) is 0 Å². The summed E-state index contributed by atoms with van der Waals surface area (Å²) in [7, 11) is 0. The number of anilines is 1. The number of rotatable bonds is 1. The van der Waals surface area contributed by atoms with Gasteiger partial charge in [-0.15, -0.1) is 11.3 Å². The van der Waals surface area contributed by atoms with E-state index in [1.54, 1.807) is 23.5 Å². The Labute approximate surface area is 284 Å². The number of hydrogen-bond acceptors (Lipinski definition) is 8. The lowest BCUT2D eigenvalue weighted by Gasteiger charge is -2.40. The minimum atomic E-state index is -0.614. The summed E-state index contributed by atoms with van der Waals surface area (Å²) in [6, 6.07) is 12.8. The maximum absolute atomic E-state index is 12.7. The van der Waals surface area contributed by atoms with E-state index in [4.69, 9.17) is 15.2 Å². The number of piperidine rings is 2. The van der Waals surface area contributed by atoms with E-state index in [-0.39, 0.29) is 36.1 Å². The first-order valence-corrected chi connectivity index (χ1v) is 18.1. The van der Waals surface area contributed by atoms with Crippen LogP contribution in [0.15, 0.2) is 83.0 Å². The number of hydrogen-bond donors (Lipinski definition) is 1. The van der Waals surface area contributed by atoms with Gasteiger partial charge in [-0.3, -0.25) is 9.80 Å². The minimum Gasteiger partial charge on any atom is -0.449 e. The fourth-order valence-electron chi connectivity index (χ4n) is 10.1. The maximum Gasteiger partial charge on any atom is 0.332 e. The van der Waals surface area contributed by atoms with Gasteiger partial charge in [-0.05, 0) is 68.6 Å². The lowest BCUT2D eigenvalue weighted by molar-refractivity contribution is -0.149. The van der Waals surface area contributed by atoms with Gasteiger partial charge in [-0.1, -0.05) is 42.3 Å². The molecular weight excluding hydrogens is 619 g/mol. The van der Waals surface area contributed by atoms with Gasteiger partial charge in [0.05, 0.1) is 17.0 Å². The van der Waals surface area contributed by atoms with Crippen LogP contribution >= 0.6 is 11.3 Å². The highest BCUT2D eigenvalue weighted by molar-refractivity contribution is 7.12. The molecule has 2 aromatic rings. The average molecular weight is 654 g/mol. The maximum atomic E-state index is 12.7. The van der Waals surface area contributed by atoms with Gasteiger partial charge >= 0.3 is 11.9 Å². The first kappa shape index (κ1) is 28.7. The number of benzene rings is 1. The Hall–Kier alpha value is -4.34. The van der Waals surface area contributed by atoms with Crippen molar-refractivity contribution in [2.75, 3.05) is 18.8 Å². The van der Waals surface area contributed by atoms with Crippen LogP contribution in [-0.4, -0.2) is 70.2 Å². The van der Waals surface area contributed by atoms with E-state index in [9.17, 15) is 9.59 Å². The molecule has 7 atom stereocenters. The number of ether oxygens (including phenoxy) is 2. The van der Waals surface area contributed by atoms with Crippen LogP contribution in [0.25, 0.3) is 0 Å². The standard InChI is InChI=1S/C40H35N3O4S/c41-28-10-5-24(6-11-28)4-7-25-18-30-22-40(32(25)19-38(45)47-40)36-15-9-27(23-43(30)36)34-14-13-31(48-34)12-8-26-17-29-21-39(33(26)20-37(44)46-39)35-3-1-2-16-42(29)35/h5-6,10-11,13-14,17-20,27,29-30,35-36H,1-3,9,15-16,21-23,41H2/t27?,29-,30-,35-,36-,39+,40+/m1/s1. The van der Waals surface area contributed by atoms with Crippen molar-refractivity contribution in [1.82, 2.24) is 9.80 Å². The molecular formula is C40H35N3O4S. The summed E-state index contributed by atoms with van der Waals surface area (Å²) < 4.78 is 12.3. The molecule has 7 heterocycles. The van der Waals surface area contributed by atoms with Crippen molar-refractivity contribution in [2.45, 2.75) is 86.2 Å². The molecule has 8 aliphatic rings. The van der Waals surface area contributed by atoms with Gasteiger partial charge in [0.25, 0.3) is 0 Å². The zero-order valence-electron chi connectivity index (χ0n) is 26.5. The Balaban J connectivity index is 0.900. The minimum absolute atomic E-state index is 0.146. The number of carbonyl (C=O) groups excluding carboxylic acids is 2. The summed E-state index contributed by atoms with van der Waals surface area (Å²) in [5.41, 5.74) is 10.1. The van der Waals surface area contributed by atoms with Crippen molar-refractivity contribution >= 4 is 29.0 Å². The molecule has 2 aliphatic carbocycles. The first-order valence-electron chi connectivity index (χ1n) is 17.2. The van der Waals surface area contributed by atoms with Crippen molar-refractivity contribution in [1.29, 1.82) is 0 Å². The third-order valence-corrected chi connectivity index (χ3v) is 13.2. The fraction of sp³-hybridized carbons (Fsp3) is 0.400. The highest BCUT2D eigenvalue weighted by Crippen LogP contribution is 2.56. The van der Waals surface area contributed by atoms with Crippen LogP contribution in [0.1, 0.15) is 66.2 Å². The number of fused-ring (bicyclic) bond motifs is 6. The fourth-order valence-corrected chi connectivity index (χ4v) is 11.0. The topological polar surface area (TPSA) is 85.1 Å². The van der Waals surface area contributed by atoms with E-state index in [2.05, 4.69) is 57.8 Å². The van der Waals surface area contributed by atoms with E-state index >= 15 is 0 Å². The molecule has 4 saturated heterocycles.